The van der Waals surface area contributed by atoms with E-state index in [0.717, 1.165) is 29.7 Å². The first-order valence-electron chi connectivity index (χ1n) is 6.37. The third kappa shape index (κ3) is 2.67. The number of aryl methyl sites for hydroxylation is 2. The molecule has 0 aliphatic heterocycles. The molecule has 0 amide bonds. The summed E-state index contributed by atoms with van der Waals surface area (Å²) in [5.41, 5.74) is 2.93. The molecule has 2 aromatic rings. The zero-order chi connectivity index (χ0) is 13.0. The lowest BCUT2D eigenvalue weighted by Crippen LogP contribution is -2.06. The van der Waals surface area contributed by atoms with E-state index in [-0.39, 0.29) is 5.78 Å². The van der Waals surface area contributed by atoms with Gasteiger partial charge in [0.15, 0.2) is 5.78 Å². The summed E-state index contributed by atoms with van der Waals surface area (Å²) in [6.45, 7) is 4.94. The fourth-order valence-corrected chi connectivity index (χ4v) is 2.05. The monoisotopic (exact) mass is 242 g/mol. The number of hydrogen-bond acceptors (Lipinski definition) is 2. The maximum atomic E-state index is 12.3. The van der Waals surface area contributed by atoms with Gasteiger partial charge in [0.05, 0.1) is 6.20 Å². The first-order valence-corrected chi connectivity index (χ1v) is 6.37. The molecule has 0 unspecified atom stereocenters. The summed E-state index contributed by atoms with van der Waals surface area (Å²) >= 11 is 0. The molecule has 94 valence electrons. The van der Waals surface area contributed by atoms with Gasteiger partial charge in [0.2, 0.25) is 0 Å². The maximum Gasteiger partial charge on any atom is 0.167 e. The van der Waals surface area contributed by atoms with Crippen LogP contribution in [0.4, 0.5) is 0 Å². The number of carbonyl (C=O) groups excluding carboxylic acids is 1. The Morgan fingerprint density at radius 3 is 2.72 bits per heavy atom. The van der Waals surface area contributed by atoms with Crippen LogP contribution in [0.5, 0.6) is 0 Å². The lowest BCUT2D eigenvalue weighted by Gasteiger charge is -2.05. The Balaban J connectivity index is 2.16. The normalized spacial score (nSPS) is 10.6. The number of aromatic nitrogens is 2. The first kappa shape index (κ1) is 12.6. The van der Waals surface area contributed by atoms with Crippen molar-refractivity contribution in [3.63, 3.8) is 0 Å². The van der Waals surface area contributed by atoms with Gasteiger partial charge >= 0.3 is 0 Å². The number of benzene rings is 1. The molecule has 0 fully saturated rings. The Hall–Kier alpha value is -1.90. The average molecular weight is 242 g/mol. The second-order valence-corrected chi connectivity index (χ2v) is 4.31. The molecule has 1 aromatic carbocycles. The Kier molecular flexibility index (Phi) is 3.92. The van der Waals surface area contributed by atoms with E-state index in [2.05, 4.69) is 12.0 Å². The van der Waals surface area contributed by atoms with Gasteiger partial charge in [-0.15, -0.1) is 0 Å². The molecular weight excluding hydrogens is 224 g/mol. The van der Waals surface area contributed by atoms with Crippen LogP contribution in [0.1, 0.15) is 35.3 Å². The predicted octanol–water partition coefficient (Wildman–Crippen LogP) is 2.89. The molecule has 0 bridgehead atoms. The molecule has 0 atom stereocenters. The van der Waals surface area contributed by atoms with E-state index in [1.807, 2.05) is 42.1 Å². The summed E-state index contributed by atoms with van der Waals surface area (Å²) in [4.78, 5) is 12.3. The number of carbonyl (C=O) groups is 1. The van der Waals surface area contributed by atoms with Gasteiger partial charge in [0.1, 0.15) is 0 Å². The molecule has 1 heterocycles. The summed E-state index contributed by atoms with van der Waals surface area (Å²) in [5, 5.41) is 4.19. The SMILES string of the molecule is CCc1ccccc1C(=O)Cc1cnn(CC)c1. The predicted molar refractivity (Wildman–Crippen MR) is 71.8 cm³/mol. The average Bonchev–Trinajstić information content (AvgIpc) is 2.86. The Bertz CT molecular complexity index is 543. The van der Waals surface area contributed by atoms with E-state index in [9.17, 15) is 4.79 Å². The molecule has 0 saturated heterocycles. The minimum absolute atomic E-state index is 0.170. The van der Waals surface area contributed by atoms with Crippen LogP contribution in [-0.4, -0.2) is 15.6 Å². The highest BCUT2D eigenvalue weighted by Crippen LogP contribution is 2.13. The number of ketones is 1. The fourth-order valence-electron chi connectivity index (χ4n) is 2.05. The second-order valence-electron chi connectivity index (χ2n) is 4.31. The molecule has 2 rings (SSSR count). The molecule has 18 heavy (non-hydrogen) atoms. The van der Waals surface area contributed by atoms with Crippen LogP contribution >= 0.6 is 0 Å². The van der Waals surface area contributed by atoms with Gasteiger partial charge in [-0.2, -0.15) is 5.10 Å². The summed E-state index contributed by atoms with van der Waals surface area (Å²) in [7, 11) is 0. The highest BCUT2D eigenvalue weighted by atomic mass is 16.1. The minimum atomic E-state index is 0.170. The minimum Gasteiger partial charge on any atom is -0.294 e. The molecule has 0 N–H and O–H groups in total. The van der Waals surface area contributed by atoms with Crippen molar-refractivity contribution in [3.05, 3.63) is 53.3 Å². The van der Waals surface area contributed by atoms with Gasteiger partial charge in [-0.1, -0.05) is 31.2 Å². The Labute approximate surface area is 107 Å². The van der Waals surface area contributed by atoms with Crippen LogP contribution in [0.15, 0.2) is 36.7 Å². The molecule has 0 aliphatic rings. The standard InChI is InChI=1S/C15H18N2O/c1-3-13-7-5-6-8-14(13)15(18)9-12-10-16-17(4-2)11-12/h5-8,10-11H,3-4,9H2,1-2H3. The Morgan fingerprint density at radius 1 is 1.28 bits per heavy atom. The lowest BCUT2D eigenvalue weighted by molar-refractivity contribution is 0.0992. The Morgan fingerprint density at radius 2 is 2.06 bits per heavy atom. The molecule has 0 radical (unpaired) electrons. The van der Waals surface area contributed by atoms with Gasteiger partial charge in [-0.3, -0.25) is 9.48 Å². The molecule has 3 nitrogen and oxygen atoms in total. The molecule has 3 heteroatoms. The van der Waals surface area contributed by atoms with Crippen molar-refractivity contribution in [1.82, 2.24) is 9.78 Å². The number of hydrogen-bond donors (Lipinski definition) is 0. The lowest BCUT2D eigenvalue weighted by atomic mass is 9.98. The third-order valence-corrected chi connectivity index (χ3v) is 3.07. The van der Waals surface area contributed by atoms with Crippen molar-refractivity contribution in [2.24, 2.45) is 0 Å². The van der Waals surface area contributed by atoms with Crippen LogP contribution in [0.3, 0.4) is 0 Å². The maximum absolute atomic E-state index is 12.3. The van der Waals surface area contributed by atoms with E-state index in [0.29, 0.717) is 6.42 Å². The van der Waals surface area contributed by atoms with Crippen LogP contribution in [0, 0.1) is 0 Å². The summed E-state index contributed by atoms with van der Waals surface area (Å²) in [5.74, 6) is 0.170. The van der Waals surface area contributed by atoms with Crippen molar-refractivity contribution in [3.8, 4) is 0 Å². The van der Waals surface area contributed by atoms with Gasteiger partial charge < -0.3 is 0 Å². The van der Waals surface area contributed by atoms with Crippen molar-refractivity contribution in [1.29, 1.82) is 0 Å². The summed E-state index contributed by atoms with van der Waals surface area (Å²) < 4.78 is 1.84. The third-order valence-electron chi connectivity index (χ3n) is 3.07. The summed E-state index contributed by atoms with van der Waals surface area (Å²) in [6.07, 6.45) is 5.02. The largest absolute Gasteiger partial charge is 0.294 e. The van der Waals surface area contributed by atoms with Crippen molar-refractivity contribution in [2.45, 2.75) is 33.2 Å². The molecule has 0 spiro atoms. The van der Waals surface area contributed by atoms with E-state index >= 15 is 0 Å². The molecule has 0 saturated carbocycles. The van der Waals surface area contributed by atoms with Crippen molar-refractivity contribution in [2.75, 3.05) is 0 Å². The smallest absolute Gasteiger partial charge is 0.167 e. The quantitative estimate of drug-likeness (QED) is 0.756. The topological polar surface area (TPSA) is 34.9 Å². The van der Waals surface area contributed by atoms with Crippen LogP contribution in [0.2, 0.25) is 0 Å². The molecule has 0 aliphatic carbocycles. The van der Waals surface area contributed by atoms with E-state index in [1.54, 1.807) is 6.20 Å². The molecular formula is C15H18N2O. The van der Waals surface area contributed by atoms with Crippen LogP contribution < -0.4 is 0 Å². The van der Waals surface area contributed by atoms with Crippen LogP contribution in [-0.2, 0) is 19.4 Å². The zero-order valence-corrected chi connectivity index (χ0v) is 10.9. The number of rotatable bonds is 5. The van der Waals surface area contributed by atoms with Gasteiger partial charge in [0, 0.05) is 24.7 Å². The van der Waals surface area contributed by atoms with Crippen molar-refractivity contribution >= 4 is 5.78 Å². The number of nitrogens with zero attached hydrogens (tertiary/aromatic N) is 2. The highest BCUT2D eigenvalue weighted by Gasteiger charge is 2.11. The van der Waals surface area contributed by atoms with Gasteiger partial charge in [-0.05, 0) is 24.5 Å². The van der Waals surface area contributed by atoms with E-state index < -0.39 is 0 Å². The van der Waals surface area contributed by atoms with Gasteiger partial charge in [-0.25, -0.2) is 0 Å². The second kappa shape index (κ2) is 5.63. The van der Waals surface area contributed by atoms with E-state index in [4.69, 9.17) is 0 Å². The molecule has 1 aromatic heterocycles. The van der Waals surface area contributed by atoms with Crippen LogP contribution in [0.25, 0.3) is 0 Å². The number of Topliss-reactive ketones (excluding diaryl/α,β-unsaturated/α-hetero) is 1. The summed E-state index contributed by atoms with van der Waals surface area (Å²) in [6, 6.07) is 7.82. The first-order chi connectivity index (χ1) is 8.74. The van der Waals surface area contributed by atoms with Crippen molar-refractivity contribution < 1.29 is 4.79 Å². The zero-order valence-electron chi connectivity index (χ0n) is 10.9. The highest BCUT2D eigenvalue weighted by molar-refractivity contribution is 5.98. The van der Waals surface area contributed by atoms with Gasteiger partial charge in [0.25, 0.3) is 0 Å². The van der Waals surface area contributed by atoms with E-state index in [1.165, 1.54) is 0 Å². The fraction of sp³-hybridized carbons (Fsp3) is 0.333.